The molecule has 2 rings (SSSR count). The van der Waals surface area contributed by atoms with Crippen LogP contribution in [0.4, 0.5) is 5.82 Å². The molecule has 1 N–H and O–H groups in total. The van der Waals surface area contributed by atoms with Gasteiger partial charge in [0, 0.05) is 20.1 Å². The van der Waals surface area contributed by atoms with E-state index in [0.717, 1.165) is 19.5 Å². The largest absolute Gasteiger partial charge is 0.370 e. The topological polar surface area (TPSA) is 45.2 Å². The predicted octanol–water partition coefficient (Wildman–Crippen LogP) is 3.43. The molecular weight excluding hydrogens is 274 g/mol. The minimum atomic E-state index is -0.0953. The number of nitrogens with one attached hydrogen (secondary N) is 1. The Bertz CT molecular complexity index is 474. The van der Waals surface area contributed by atoms with E-state index in [0.29, 0.717) is 22.5 Å². The third-order valence-corrected chi connectivity index (χ3v) is 4.01. The van der Waals surface area contributed by atoms with Gasteiger partial charge in [-0.1, -0.05) is 24.9 Å². The van der Waals surface area contributed by atoms with Crippen LogP contribution >= 0.6 is 11.6 Å². The van der Waals surface area contributed by atoms with E-state index in [1.54, 1.807) is 17.0 Å². The van der Waals surface area contributed by atoms with Crippen molar-refractivity contribution in [3.8, 4) is 0 Å². The standard InChI is InChI=1S/C15H22ClN3O/c1-3-9-17-13-8-7-12(16)14(18-13)15(20)19(2)10-11-5-4-6-11/h7-8,11H,3-6,9-10H2,1-2H3,(H,17,18). The van der Waals surface area contributed by atoms with Crippen LogP contribution < -0.4 is 5.32 Å². The molecule has 110 valence electrons. The minimum absolute atomic E-state index is 0.0953. The van der Waals surface area contributed by atoms with Crippen molar-refractivity contribution in [2.75, 3.05) is 25.5 Å². The number of hydrogen-bond acceptors (Lipinski definition) is 3. The lowest BCUT2D eigenvalue weighted by Crippen LogP contribution is -2.35. The summed E-state index contributed by atoms with van der Waals surface area (Å²) in [5.41, 5.74) is 0.342. The lowest BCUT2D eigenvalue weighted by Gasteiger charge is -2.30. The van der Waals surface area contributed by atoms with Crippen molar-refractivity contribution in [1.29, 1.82) is 0 Å². The third-order valence-electron chi connectivity index (χ3n) is 3.71. The normalized spacial score (nSPS) is 14.8. The van der Waals surface area contributed by atoms with Gasteiger partial charge in [-0.15, -0.1) is 0 Å². The van der Waals surface area contributed by atoms with Crippen molar-refractivity contribution in [2.45, 2.75) is 32.6 Å². The number of nitrogens with zero attached hydrogens (tertiary/aromatic N) is 2. The van der Waals surface area contributed by atoms with Crippen molar-refractivity contribution in [3.63, 3.8) is 0 Å². The maximum atomic E-state index is 12.4. The van der Waals surface area contributed by atoms with Crippen LogP contribution in [0.2, 0.25) is 5.02 Å². The fourth-order valence-corrected chi connectivity index (χ4v) is 2.46. The highest BCUT2D eigenvalue weighted by Gasteiger charge is 2.24. The first kappa shape index (κ1) is 15.1. The molecule has 1 aromatic heterocycles. The highest BCUT2D eigenvalue weighted by molar-refractivity contribution is 6.33. The molecule has 0 saturated heterocycles. The van der Waals surface area contributed by atoms with E-state index in [1.807, 2.05) is 7.05 Å². The lowest BCUT2D eigenvalue weighted by molar-refractivity contribution is 0.0740. The maximum Gasteiger partial charge on any atom is 0.273 e. The molecule has 0 bridgehead atoms. The number of amides is 1. The van der Waals surface area contributed by atoms with Gasteiger partial charge in [0.15, 0.2) is 0 Å². The van der Waals surface area contributed by atoms with Crippen LogP contribution in [-0.4, -0.2) is 35.9 Å². The van der Waals surface area contributed by atoms with Crippen molar-refractivity contribution >= 4 is 23.3 Å². The van der Waals surface area contributed by atoms with Gasteiger partial charge in [0.2, 0.25) is 0 Å². The van der Waals surface area contributed by atoms with Gasteiger partial charge in [0.05, 0.1) is 5.02 Å². The molecule has 0 aromatic carbocycles. The number of carbonyl (C=O) groups excluding carboxylic acids is 1. The number of carbonyl (C=O) groups is 1. The Labute approximate surface area is 125 Å². The van der Waals surface area contributed by atoms with Crippen molar-refractivity contribution in [3.05, 3.63) is 22.8 Å². The highest BCUT2D eigenvalue weighted by atomic mass is 35.5. The Kier molecular flexibility index (Phi) is 5.24. The summed E-state index contributed by atoms with van der Waals surface area (Å²) in [6, 6.07) is 3.54. The zero-order valence-corrected chi connectivity index (χ0v) is 12.9. The summed E-state index contributed by atoms with van der Waals surface area (Å²) in [6.07, 6.45) is 4.73. The molecule has 1 amide bonds. The quantitative estimate of drug-likeness (QED) is 0.874. The summed E-state index contributed by atoms with van der Waals surface area (Å²) >= 11 is 6.12. The van der Waals surface area contributed by atoms with Crippen LogP contribution in [0.5, 0.6) is 0 Å². The van der Waals surface area contributed by atoms with Crippen LogP contribution in [0.3, 0.4) is 0 Å². The van der Waals surface area contributed by atoms with E-state index in [-0.39, 0.29) is 5.91 Å². The van der Waals surface area contributed by atoms with Crippen molar-refractivity contribution in [1.82, 2.24) is 9.88 Å². The third kappa shape index (κ3) is 3.63. The first-order chi connectivity index (χ1) is 9.61. The molecule has 1 aliphatic carbocycles. The molecule has 1 saturated carbocycles. The summed E-state index contributed by atoms with van der Waals surface area (Å²) in [7, 11) is 1.82. The molecule has 1 heterocycles. The molecule has 0 atom stereocenters. The van der Waals surface area contributed by atoms with Gasteiger partial charge < -0.3 is 10.2 Å². The van der Waals surface area contributed by atoms with E-state index in [4.69, 9.17) is 11.6 Å². The molecule has 0 aliphatic heterocycles. The van der Waals surface area contributed by atoms with Gasteiger partial charge in [-0.25, -0.2) is 4.98 Å². The molecule has 1 fully saturated rings. The molecule has 5 heteroatoms. The smallest absolute Gasteiger partial charge is 0.273 e. The average Bonchev–Trinajstić information content (AvgIpc) is 2.41. The van der Waals surface area contributed by atoms with Gasteiger partial charge in [0.25, 0.3) is 5.91 Å². The summed E-state index contributed by atoms with van der Waals surface area (Å²) in [4.78, 5) is 18.5. The fourth-order valence-electron chi connectivity index (χ4n) is 2.27. The Morgan fingerprint density at radius 1 is 1.50 bits per heavy atom. The van der Waals surface area contributed by atoms with Gasteiger partial charge in [-0.05, 0) is 37.3 Å². The Morgan fingerprint density at radius 3 is 2.85 bits per heavy atom. The van der Waals surface area contributed by atoms with Crippen LogP contribution in [0.1, 0.15) is 43.1 Å². The van der Waals surface area contributed by atoms with E-state index in [2.05, 4.69) is 17.2 Å². The fraction of sp³-hybridized carbons (Fsp3) is 0.600. The molecule has 4 nitrogen and oxygen atoms in total. The highest BCUT2D eigenvalue weighted by Crippen LogP contribution is 2.27. The average molecular weight is 296 g/mol. The number of anilines is 1. The lowest BCUT2D eigenvalue weighted by atomic mass is 9.85. The molecule has 1 aromatic rings. The van der Waals surface area contributed by atoms with Gasteiger partial charge >= 0.3 is 0 Å². The number of aromatic nitrogens is 1. The Morgan fingerprint density at radius 2 is 2.25 bits per heavy atom. The summed E-state index contributed by atoms with van der Waals surface area (Å²) in [6.45, 7) is 3.71. The second-order valence-electron chi connectivity index (χ2n) is 5.44. The minimum Gasteiger partial charge on any atom is -0.370 e. The second kappa shape index (κ2) is 6.93. The number of pyridine rings is 1. The summed E-state index contributed by atoms with van der Waals surface area (Å²) in [5, 5.41) is 3.59. The zero-order valence-electron chi connectivity index (χ0n) is 12.2. The molecule has 0 unspecified atom stereocenters. The van der Waals surface area contributed by atoms with Gasteiger partial charge in [-0.2, -0.15) is 0 Å². The maximum absolute atomic E-state index is 12.4. The number of rotatable bonds is 6. The Hall–Kier alpha value is -1.29. The summed E-state index contributed by atoms with van der Waals surface area (Å²) < 4.78 is 0. The molecule has 1 aliphatic rings. The van der Waals surface area contributed by atoms with Crippen LogP contribution in [0, 0.1) is 5.92 Å². The molecule has 0 spiro atoms. The first-order valence-corrected chi connectivity index (χ1v) is 7.65. The van der Waals surface area contributed by atoms with Gasteiger partial charge in [0.1, 0.15) is 11.5 Å². The van der Waals surface area contributed by atoms with Crippen LogP contribution in [0.25, 0.3) is 0 Å². The molecule has 20 heavy (non-hydrogen) atoms. The van der Waals surface area contributed by atoms with E-state index < -0.39 is 0 Å². The summed E-state index contributed by atoms with van der Waals surface area (Å²) in [5.74, 6) is 1.25. The molecular formula is C15H22ClN3O. The number of hydrogen-bond donors (Lipinski definition) is 1. The van der Waals surface area contributed by atoms with E-state index in [1.165, 1.54) is 19.3 Å². The van der Waals surface area contributed by atoms with Crippen LogP contribution in [0.15, 0.2) is 12.1 Å². The first-order valence-electron chi connectivity index (χ1n) is 7.27. The predicted molar refractivity (Wildman–Crippen MR) is 82.3 cm³/mol. The monoisotopic (exact) mass is 295 g/mol. The SMILES string of the molecule is CCCNc1ccc(Cl)c(C(=O)N(C)CC2CCC2)n1. The number of halogens is 1. The molecule has 0 radical (unpaired) electrons. The van der Waals surface area contributed by atoms with Gasteiger partial charge in [-0.3, -0.25) is 4.79 Å². The van der Waals surface area contributed by atoms with Crippen LogP contribution in [-0.2, 0) is 0 Å². The van der Waals surface area contributed by atoms with Crippen molar-refractivity contribution in [2.24, 2.45) is 5.92 Å². The zero-order chi connectivity index (χ0) is 14.5. The Balaban J connectivity index is 2.06. The van der Waals surface area contributed by atoms with E-state index in [9.17, 15) is 4.79 Å². The van der Waals surface area contributed by atoms with Crippen molar-refractivity contribution < 1.29 is 4.79 Å². The van der Waals surface area contributed by atoms with E-state index >= 15 is 0 Å². The second-order valence-corrected chi connectivity index (χ2v) is 5.84.